The molecule has 1 amide bonds. The van der Waals surface area contributed by atoms with Crippen LogP contribution >= 0.6 is 0 Å². The minimum Gasteiger partial charge on any atom is -0.494 e. The van der Waals surface area contributed by atoms with Crippen LogP contribution < -0.4 is 14.9 Å². The van der Waals surface area contributed by atoms with Gasteiger partial charge in [0.15, 0.2) is 0 Å². The predicted molar refractivity (Wildman–Crippen MR) is 104 cm³/mol. The van der Waals surface area contributed by atoms with E-state index in [1.807, 2.05) is 50.2 Å². The first-order chi connectivity index (χ1) is 12.6. The molecule has 138 valence electrons. The van der Waals surface area contributed by atoms with Gasteiger partial charge in [-0.15, -0.1) is 0 Å². The van der Waals surface area contributed by atoms with Crippen LogP contribution in [0.4, 0.5) is 0 Å². The Bertz CT molecular complexity index is 722. The Morgan fingerprint density at radius 3 is 2.15 bits per heavy atom. The van der Waals surface area contributed by atoms with E-state index < -0.39 is 0 Å². The molecule has 0 aromatic heterocycles. The molecule has 0 radical (unpaired) electrons. The van der Waals surface area contributed by atoms with Gasteiger partial charge in [0.1, 0.15) is 18.1 Å². The van der Waals surface area contributed by atoms with Crippen molar-refractivity contribution in [3.63, 3.8) is 0 Å². The molecule has 2 aromatic carbocycles. The van der Waals surface area contributed by atoms with Gasteiger partial charge < -0.3 is 9.47 Å². The van der Waals surface area contributed by atoms with Crippen LogP contribution in [0.15, 0.2) is 53.6 Å². The van der Waals surface area contributed by atoms with Crippen molar-refractivity contribution in [2.75, 3.05) is 6.61 Å². The van der Waals surface area contributed by atoms with Crippen molar-refractivity contribution in [3.8, 4) is 11.5 Å². The minimum absolute atomic E-state index is 0.209. The maximum Gasteiger partial charge on any atom is 0.271 e. The summed E-state index contributed by atoms with van der Waals surface area (Å²) in [5.41, 5.74) is 5.06. The Labute approximate surface area is 155 Å². The number of amides is 1. The lowest BCUT2D eigenvalue weighted by Crippen LogP contribution is -2.19. The summed E-state index contributed by atoms with van der Waals surface area (Å²) in [4.78, 5) is 12.1. The lowest BCUT2D eigenvalue weighted by Gasteiger charge is -2.08. The molecule has 0 saturated heterocycles. The molecule has 0 fully saturated rings. The van der Waals surface area contributed by atoms with Crippen LogP contribution in [0.1, 0.15) is 49.5 Å². The summed E-state index contributed by atoms with van der Waals surface area (Å²) < 4.78 is 11.2. The average Bonchev–Trinajstić information content (AvgIpc) is 2.66. The van der Waals surface area contributed by atoms with Gasteiger partial charge in [0.2, 0.25) is 0 Å². The fourth-order valence-corrected chi connectivity index (χ4v) is 2.35. The molecule has 5 heteroatoms. The number of carbonyl (C=O) groups excluding carboxylic acids is 1. The summed E-state index contributed by atoms with van der Waals surface area (Å²) in [6, 6.07) is 14.8. The molecule has 0 bridgehead atoms. The number of hydrogen-bond donors (Lipinski definition) is 1. The van der Waals surface area contributed by atoms with E-state index in [0.717, 1.165) is 35.6 Å². The molecule has 26 heavy (non-hydrogen) atoms. The second-order valence-corrected chi connectivity index (χ2v) is 5.93. The molecule has 0 aliphatic heterocycles. The Morgan fingerprint density at radius 1 is 0.962 bits per heavy atom. The zero-order valence-electron chi connectivity index (χ0n) is 15.6. The molecule has 1 N–H and O–H groups in total. The highest BCUT2D eigenvalue weighted by molar-refractivity contribution is 5.95. The quantitative estimate of drug-likeness (QED) is 0.530. The van der Waals surface area contributed by atoms with Gasteiger partial charge in [0.05, 0.1) is 6.61 Å². The van der Waals surface area contributed by atoms with Gasteiger partial charge in [-0.3, -0.25) is 4.79 Å². The third-order valence-corrected chi connectivity index (χ3v) is 3.72. The van der Waals surface area contributed by atoms with Gasteiger partial charge in [-0.1, -0.05) is 25.5 Å². The minimum atomic E-state index is -0.209. The van der Waals surface area contributed by atoms with Crippen LogP contribution in [-0.2, 0) is 6.61 Å². The van der Waals surface area contributed by atoms with Gasteiger partial charge in [-0.2, -0.15) is 5.10 Å². The van der Waals surface area contributed by atoms with Gasteiger partial charge in [-0.05, 0) is 62.2 Å². The number of nitrogens with one attached hydrogen (secondary N) is 1. The Morgan fingerprint density at radius 2 is 1.58 bits per heavy atom. The number of hydrazone groups is 1. The molecule has 2 aromatic rings. The van der Waals surface area contributed by atoms with E-state index in [-0.39, 0.29) is 5.91 Å². The average molecular weight is 354 g/mol. The topological polar surface area (TPSA) is 59.9 Å². The standard InChI is InChI=1S/C21H26N2O3/c1-4-6-16(3)22-23-21(24)18-9-7-17(8-10-18)15-26-20-13-11-19(12-14-20)25-5-2/h7-14H,4-6,15H2,1-3H3,(H,23,24)/b22-16-. The highest BCUT2D eigenvalue weighted by atomic mass is 16.5. The fraction of sp³-hybridized carbons (Fsp3) is 0.333. The molecule has 2 rings (SSSR count). The second kappa shape index (κ2) is 10.2. The van der Waals surface area contributed by atoms with Gasteiger partial charge in [0, 0.05) is 11.3 Å². The maximum absolute atomic E-state index is 12.1. The van der Waals surface area contributed by atoms with E-state index in [1.54, 1.807) is 12.1 Å². The van der Waals surface area contributed by atoms with Gasteiger partial charge in [0.25, 0.3) is 5.91 Å². The lowest BCUT2D eigenvalue weighted by molar-refractivity contribution is 0.0954. The largest absolute Gasteiger partial charge is 0.494 e. The van der Waals surface area contributed by atoms with E-state index in [2.05, 4.69) is 17.5 Å². The van der Waals surface area contributed by atoms with Crippen LogP contribution in [0.5, 0.6) is 11.5 Å². The normalized spacial score (nSPS) is 11.1. The van der Waals surface area contributed by atoms with Crippen molar-refractivity contribution in [2.45, 2.75) is 40.2 Å². The van der Waals surface area contributed by atoms with Crippen LogP contribution in [-0.4, -0.2) is 18.2 Å². The van der Waals surface area contributed by atoms with E-state index in [9.17, 15) is 4.79 Å². The number of carbonyl (C=O) groups is 1. The van der Waals surface area contributed by atoms with Crippen LogP contribution in [0.25, 0.3) is 0 Å². The van der Waals surface area contributed by atoms with E-state index in [4.69, 9.17) is 9.47 Å². The number of benzene rings is 2. The van der Waals surface area contributed by atoms with Gasteiger partial charge in [-0.25, -0.2) is 5.43 Å². The Hall–Kier alpha value is -2.82. The Kier molecular flexibility index (Phi) is 7.68. The lowest BCUT2D eigenvalue weighted by atomic mass is 10.1. The number of rotatable bonds is 9. The molecule has 0 heterocycles. The molecule has 0 aliphatic rings. The summed E-state index contributed by atoms with van der Waals surface area (Å²) in [6.45, 7) is 7.01. The monoisotopic (exact) mass is 354 g/mol. The van der Waals surface area contributed by atoms with E-state index in [0.29, 0.717) is 18.8 Å². The predicted octanol–water partition coefficient (Wildman–Crippen LogP) is 4.57. The molecular weight excluding hydrogens is 328 g/mol. The molecule has 0 saturated carbocycles. The first kappa shape index (κ1) is 19.5. The zero-order valence-corrected chi connectivity index (χ0v) is 15.6. The summed E-state index contributed by atoms with van der Waals surface area (Å²) in [6.07, 6.45) is 1.89. The number of hydrogen-bond acceptors (Lipinski definition) is 4. The number of ether oxygens (including phenoxy) is 2. The molecular formula is C21H26N2O3. The molecule has 0 aliphatic carbocycles. The van der Waals surface area contributed by atoms with E-state index in [1.165, 1.54) is 0 Å². The zero-order chi connectivity index (χ0) is 18.8. The van der Waals surface area contributed by atoms with Crippen molar-refractivity contribution >= 4 is 11.6 Å². The molecule has 0 unspecified atom stereocenters. The third kappa shape index (κ3) is 6.24. The van der Waals surface area contributed by atoms with Crippen molar-refractivity contribution in [3.05, 3.63) is 59.7 Å². The molecule has 0 spiro atoms. The third-order valence-electron chi connectivity index (χ3n) is 3.72. The summed E-state index contributed by atoms with van der Waals surface area (Å²) >= 11 is 0. The fourth-order valence-electron chi connectivity index (χ4n) is 2.35. The smallest absolute Gasteiger partial charge is 0.271 e. The summed E-state index contributed by atoms with van der Waals surface area (Å²) in [5, 5.41) is 4.09. The van der Waals surface area contributed by atoms with Crippen LogP contribution in [0.3, 0.4) is 0 Å². The van der Waals surface area contributed by atoms with Crippen molar-refractivity contribution in [1.82, 2.24) is 5.43 Å². The highest BCUT2D eigenvalue weighted by Crippen LogP contribution is 2.18. The summed E-state index contributed by atoms with van der Waals surface area (Å²) in [7, 11) is 0. The van der Waals surface area contributed by atoms with Crippen molar-refractivity contribution in [1.29, 1.82) is 0 Å². The van der Waals surface area contributed by atoms with Crippen LogP contribution in [0, 0.1) is 0 Å². The summed E-state index contributed by atoms with van der Waals surface area (Å²) in [5.74, 6) is 1.39. The maximum atomic E-state index is 12.1. The van der Waals surface area contributed by atoms with E-state index >= 15 is 0 Å². The highest BCUT2D eigenvalue weighted by Gasteiger charge is 2.05. The second-order valence-electron chi connectivity index (χ2n) is 5.93. The molecule has 5 nitrogen and oxygen atoms in total. The molecule has 0 atom stereocenters. The first-order valence-corrected chi connectivity index (χ1v) is 8.90. The first-order valence-electron chi connectivity index (χ1n) is 8.90. The number of nitrogens with zero attached hydrogens (tertiary/aromatic N) is 1. The Balaban J connectivity index is 1.86. The van der Waals surface area contributed by atoms with Crippen LogP contribution in [0.2, 0.25) is 0 Å². The van der Waals surface area contributed by atoms with Crippen molar-refractivity contribution in [2.24, 2.45) is 5.10 Å². The SMILES string of the molecule is CCC/C(C)=N\NC(=O)c1ccc(COc2ccc(OCC)cc2)cc1. The van der Waals surface area contributed by atoms with Crippen molar-refractivity contribution < 1.29 is 14.3 Å². The van der Waals surface area contributed by atoms with Gasteiger partial charge >= 0.3 is 0 Å².